The van der Waals surface area contributed by atoms with E-state index in [1.165, 1.54) is 0 Å². The van der Waals surface area contributed by atoms with Gasteiger partial charge in [0.15, 0.2) is 5.11 Å². The zero-order valence-electron chi connectivity index (χ0n) is 12.1. The molecule has 0 heterocycles. The van der Waals surface area contributed by atoms with Gasteiger partial charge in [-0.25, -0.2) is 4.79 Å². The standard InChI is InChI=1S/C14H14BrN3O4S/c1-2-22-12(20)8-7-11(19)16-14(23)18-17-13(21)9-5-3-4-6-10(9)15/h3-8H,2H2,1H3,(H,17,21)(H2,16,18,19,23)/b8-7+. The predicted molar refractivity (Wildman–Crippen MR) is 91.3 cm³/mol. The van der Waals surface area contributed by atoms with Crippen LogP contribution in [0.3, 0.4) is 0 Å². The van der Waals surface area contributed by atoms with Gasteiger partial charge in [-0.05, 0) is 47.2 Å². The van der Waals surface area contributed by atoms with Crippen LogP contribution in [0.15, 0.2) is 40.9 Å². The van der Waals surface area contributed by atoms with Gasteiger partial charge in [0, 0.05) is 16.6 Å². The van der Waals surface area contributed by atoms with Gasteiger partial charge < -0.3 is 4.74 Å². The normalized spacial score (nSPS) is 10.0. The van der Waals surface area contributed by atoms with Crippen LogP contribution in [0.25, 0.3) is 0 Å². The molecule has 0 unspecified atom stereocenters. The molecule has 0 aliphatic carbocycles. The lowest BCUT2D eigenvalue weighted by Crippen LogP contribution is -2.48. The second-order valence-corrected chi connectivity index (χ2v) is 5.23. The lowest BCUT2D eigenvalue weighted by Gasteiger charge is -2.10. The van der Waals surface area contributed by atoms with Gasteiger partial charge in [0.05, 0.1) is 12.2 Å². The Balaban J connectivity index is 2.42. The van der Waals surface area contributed by atoms with E-state index in [9.17, 15) is 14.4 Å². The van der Waals surface area contributed by atoms with Crippen LogP contribution in [0.2, 0.25) is 0 Å². The maximum atomic E-state index is 11.9. The summed E-state index contributed by atoms with van der Waals surface area (Å²) in [5, 5.41) is 2.14. The molecule has 0 bridgehead atoms. The lowest BCUT2D eigenvalue weighted by molar-refractivity contribution is -0.137. The van der Waals surface area contributed by atoms with Crippen molar-refractivity contribution in [3.05, 3.63) is 46.5 Å². The highest BCUT2D eigenvalue weighted by Gasteiger charge is 2.09. The molecule has 9 heteroatoms. The molecule has 1 aromatic carbocycles. The summed E-state index contributed by atoms with van der Waals surface area (Å²) in [6.45, 7) is 1.87. The van der Waals surface area contributed by atoms with E-state index in [2.05, 4.69) is 36.8 Å². The molecular weight excluding hydrogens is 386 g/mol. The number of halogens is 1. The highest BCUT2D eigenvalue weighted by atomic mass is 79.9. The smallest absolute Gasteiger partial charge is 0.330 e. The van der Waals surface area contributed by atoms with E-state index >= 15 is 0 Å². The van der Waals surface area contributed by atoms with Crippen LogP contribution in [0.4, 0.5) is 0 Å². The third-order valence-electron chi connectivity index (χ3n) is 2.30. The number of esters is 1. The van der Waals surface area contributed by atoms with Crippen LogP contribution in [-0.4, -0.2) is 29.5 Å². The van der Waals surface area contributed by atoms with Gasteiger partial charge >= 0.3 is 5.97 Å². The molecule has 0 saturated heterocycles. The zero-order chi connectivity index (χ0) is 17.2. The van der Waals surface area contributed by atoms with Crippen LogP contribution < -0.4 is 16.2 Å². The molecule has 23 heavy (non-hydrogen) atoms. The Morgan fingerprint density at radius 2 is 1.91 bits per heavy atom. The Bertz CT molecular complexity index is 649. The minimum absolute atomic E-state index is 0.121. The van der Waals surface area contributed by atoms with Crippen LogP contribution in [0.5, 0.6) is 0 Å². The first kappa shape index (κ1) is 18.8. The molecule has 3 N–H and O–H groups in total. The fraction of sp³-hybridized carbons (Fsp3) is 0.143. The van der Waals surface area contributed by atoms with E-state index in [1.807, 2.05) is 0 Å². The highest BCUT2D eigenvalue weighted by Crippen LogP contribution is 2.14. The van der Waals surface area contributed by atoms with Crippen LogP contribution in [-0.2, 0) is 14.3 Å². The summed E-state index contributed by atoms with van der Waals surface area (Å²) in [6.07, 6.45) is 1.95. The molecule has 0 radical (unpaired) electrons. The van der Waals surface area contributed by atoms with Crippen molar-refractivity contribution in [3.63, 3.8) is 0 Å². The first-order valence-corrected chi connectivity index (χ1v) is 7.64. The number of rotatable bonds is 4. The Morgan fingerprint density at radius 3 is 2.57 bits per heavy atom. The van der Waals surface area contributed by atoms with Crippen LogP contribution in [0.1, 0.15) is 17.3 Å². The summed E-state index contributed by atoms with van der Waals surface area (Å²) in [7, 11) is 0. The van der Waals surface area contributed by atoms with Gasteiger partial charge in [-0.3, -0.25) is 25.8 Å². The number of hydrogen-bond acceptors (Lipinski definition) is 5. The zero-order valence-corrected chi connectivity index (χ0v) is 14.5. The molecule has 0 aliphatic heterocycles. The molecule has 0 fully saturated rings. The molecule has 0 atom stereocenters. The molecule has 122 valence electrons. The number of ether oxygens (including phenoxy) is 1. The molecular formula is C14H14BrN3O4S. The van der Waals surface area contributed by atoms with Crippen molar-refractivity contribution in [2.24, 2.45) is 0 Å². The topological polar surface area (TPSA) is 96.5 Å². The minimum Gasteiger partial charge on any atom is -0.463 e. The largest absolute Gasteiger partial charge is 0.463 e. The first-order valence-electron chi connectivity index (χ1n) is 6.44. The first-order chi connectivity index (χ1) is 10.9. The fourth-order valence-corrected chi connectivity index (χ4v) is 1.96. The SMILES string of the molecule is CCOC(=O)/C=C/C(=O)NC(=S)NNC(=O)c1ccccc1Br. The Kier molecular flexibility index (Phi) is 7.92. The summed E-state index contributed by atoms with van der Waals surface area (Å²) in [5.74, 6) is -1.70. The predicted octanol–water partition coefficient (Wildman–Crippen LogP) is 1.20. The Hall–Kier alpha value is -2.26. The summed E-state index contributed by atoms with van der Waals surface area (Å²) < 4.78 is 5.24. The van der Waals surface area contributed by atoms with E-state index in [0.717, 1.165) is 12.2 Å². The van der Waals surface area contributed by atoms with Crippen molar-refractivity contribution in [1.29, 1.82) is 0 Å². The second kappa shape index (κ2) is 9.70. The van der Waals surface area contributed by atoms with Crippen LogP contribution in [0, 0.1) is 0 Å². The molecule has 0 saturated carbocycles. The number of carbonyl (C=O) groups is 3. The van der Waals surface area contributed by atoms with Crippen molar-refractivity contribution < 1.29 is 19.1 Å². The molecule has 0 spiro atoms. The minimum atomic E-state index is -0.635. The van der Waals surface area contributed by atoms with Gasteiger partial charge in [-0.15, -0.1) is 0 Å². The molecule has 2 amide bonds. The summed E-state index contributed by atoms with van der Waals surface area (Å²) in [6, 6.07) is 6.81. The summed E-state index contributed by atoms with van der Waals surface area (Å²) >= 11 is 8.09. The van der Waals surface area contributed by atoms with Gasteiger partial charge in [0.25, 0.3) is 5.91 Å². The second-order valence-electron chi connectivity index (χ2n) is 3.96. The summed E-state index contributed by atoms with van der Waals surface area (Å²) in [4.78, 5) is 34.4. The molecule has 0 aliphatic rings. The highest BCUT2D eigenvalue weighted by molar-refractivity contribution is 9.10. The molecule has 1 rings (SSSR count). The maximum Gasteiger partial charge on any atom is 0.330 e. The number of hydrazine groups is 1. The number of carbonyl (C=O) groups excluding carboxylic acids is 3. The Morgan fingerprint density at radius 1 is 1.22 bits per heavy atom. The van der Waals surface area contributed by atoms with Gasteiger partial charge in [-0.2, -0.15) is 0 Å². The third kappa shape index (κ3) is 7.02. The lowest BCUT2D eigenvalue weighted by atomic mass is 10.2. The maximum absolute atomic E-state index is 11.9. The number of benzene rings is 1. The number of thiocarbonyl (C=S) groups is 1. The van der Waals surface area contributed by atoms with E-state index in [1.54, 1.807) is 31.2 Å². The van der Waals surface area contributed by atoms with E-state index in [0.29, 0.717) is 10.0 Å². The van der Waals surface area contributed by atoms with E-state index in [-0.39, 0.29) is 11.7 Å². The number of nitrogens with one attached hydrogen (secondary N) is 3. The monoisotopic (exact) mass is 399 g/mol. The van der Waals surface area contributed by atoms with Crippen molar-refractivity contribution in [2.75, 3.05) is 6.61 Å². The molecule has 1 aromatic rings. The number of hydrogen-bond donors (Lipinski definition) is 3. The van der Waals surface area contributed by atoms with E-state index < -0.39 is 17.8 Å². The van der Waals surface area contributed by atoms with Gasteiger partial charge in [0.2, 0.25) is 5.91 Å². The molecule has 0 aromatic heterocycles. The average Bonchev–Trinajstić information content (AvgIpc) is 2.51. The van der Waals surface area contributed by atoms with Crippen LogP contribution >= 0.6 is 28.1 Å². The quantitative estimate of drug-likeness (QED) is 0.304. The van der Waals surface area contributed by atoms with Crippen molar-refractivity contribution in [1.82, 2.24) is 16.2 Å². The van der Waals surface area contributed by atoms with Crippen molar-refractivity contribution in [3.8, 4) is 0 Å². The van der Waals surface area contributed by atoms with E-state index in [4.69, 9.17) is 12.2 Å². The number of amides is 2. The third-order valence-corrected chi connectivity index (χ3v) is 3.20. The Labute approximate surface area is 146 Å². The average molecular weight is 400 g/mol. The van der Waals surface area contributed by atoms with Gasteiger partial charge in [-0.1, -0.05) is 12.1 Å². The van der Waals surface area contributed by atoms with Gasteiger partial charge in [0.1, 0.15) is 0 Å². The molecule has 7 nitrogen and oxygen atoms in total. The van der Waals surface area contributed by atoms with Crippen molar-refractivity contribution >= 4 is 51.0 Å². The summed E-state index contributed by atoms with van der Waals surface area (Å²) in [5.41, 5.74) is 5.12. The van der Waals surface area contributed by atoms with Crippen molar-refractivity contribution in [2.45, 2.75) is 6.92 Å². The fourth-order valence-electron chi connectivity index (χ4n) is 1.35.